The summed E-state index contributed by atoms with van der Waals surface area (Å²) in [5, 5.41) is 12.2. The van der Waals surface area contributed by atoms with Crippen molar-refractivity contribution in [2.45, 2.75) is 18.8 Å². The Balaban J connectivity index is 1.25. The third kappa shape index (κ3) is 3.37. The zero-order valence-electron chi connectivity index (χ0n) is 21.5. The number of hydrogen-bond acceptors (Lipinski definition) is 4. The summed E-state index contributed by atoms with van der Waals surface area (Å²) in [6, 6.07) is 27.2. The summed E-state index contributed by atoms with van der Waals surface area (Å²) in [5.41, 5.74) is 5.85. The van der Waals surface area contributed by atoms with E-state index in [4.69, 9.17) is 0 Å². The number of amides is 3. The molecule has 1 aliphatic heterocycles. The van der Waals surface area contributed by atoms with E-state index in [2.05, 4.69) is 29.6 Å². The van der Waals surface area contributed by atoms with E-state index in [0.29, 0.717) is 5.69 Å². The first-order valence-corrected chi connectivity index (χ1v) is 13.2. The van der Waals surface area contributed by atoms with Crippen LogP contribution in [0.3, 0.4) is 0 Å². The van der Waals surface area contributed by atoms with Gasteiger partial charge in [-0.05, 0) is 65.1 Å². The molecule has 196 valence electrons. The molecule has 3 aliphatic carbocycles. The molecule has 1 fully saturated rings. The number of carbonyl (C=O) groups is 4. The molecule has 2 N–H and O–H groups in total. The third-order valence-corrected chi connectivity index (χ3v) is 8.47. The molecule has 7 nitrogen and oxygen atoms in total. The van der Waals surface area contributed by atoms with E-state index in [-0.39, 0.29) is 40.5 Å². The first-order valence-electron chi connectivity index (χ1n) is 13.2. The predicted molar refractivity (Wildman–Crippen MR) is 149 cm³/mol. The smallest absolute Gasteiger partial charge is 0.337 e. The van der Waals surface area contributed by atoms with Gasteiger partial charge in [-0.2, -0.15) is 0 Å². The Labute approximate surface area is 230 Å². The van der Waals surface area contributed by atoms with Crippen molar-refractivity contribution in [1.29, 1.82) is 0 Å². The lowest BCUT2D eigenvalue weighted by molar-refractivity contribution is -0.122. The molecule has 0 unspecified atom stereocenters. The number of benzene rings is 4. The molecule has 7 heteroatoms. The Hall–Kier alpha value is -5.04. The van der Waals surface area contributed by atoms with Crippen molar-refractivity contribution in [2.75, 3.05) is 10.2 Å². The van der Waals surface area contributed by atoms with E-state index >= 15 is 0 Å². The van der Waals surface area contributed by atoms with E-state index in [0.717, 1.165) is 27.8 Å². The van der Waals surface area contributed by atoms with Crippen LogP contribution in [0.5, 0.6) is 0 Å². The quantitative estimate of drug-likeness (QED) is 0.348. The molecule has 8 rings (SSSR count). The fourth-order valence-corrected chi connectivity index (χ4v) is 6.86. The summed E-state index contributed by atoms with van der Waals surface area (Å²) >= 11 is 0. The highest BCUT2D eigenvalue weighted by Crippen LogP contribution is 2.61. The molecule has 1 heterocycles. The minimum Gasteiger partial charge on any atom is -0.478 e. The number of hydrogen-bond donors (Lipinski definition) is 2. The van der Waals surface area contributed by atoms with Gasteiger partial charge in [-0.3, -0.25) is 14.4 Å². The Morgan fingerprint density at radius 2 is 1.27 bits per heavy atom. The Morgan fingerprint density at radius 1 is 0.725 bits per heavy atom. The van der Waals surface area contributed by atoms with Gasteiger partial charge in [0.25, 0.3) is 5.91 Å². The molecule has 0 saturated carbocycles. The maximum atomic E-state index is 14.0. The molecule has 2 atom stereocenters. The van der Waals surface area contributed by atoms with Crippen molar-refractivity contribution in [1.82, 2.24) is 0 Å². The molecule has 1 saturated heterocycles. The second-order valence-electron chi connectivity index (χ2n) is 10.6. The fraction of sp³-hybridized carbons (Fsp3) is 0.152. The third-order valence-electron chi connectivity index (χ3n) is 8.47. The summed E-state index contributed by atoms with van der Waals surface area (Å²) in [7, 11) is 0. The van der Waals surface area contributed by atoms with Gasteiger partial charge in [-0.25, -0.2) is 9.69 Å². The summed E-state index contributed by atoms with van der Waals surface area (Å²) in [6.45, 7) is 1.80. The van der Waals surface area contributed by atoms with Gasteiger partial charge in [-0.15, -0.1) is 0 Å². The number of aromatic carboxylic acids is 1. The van der Waals surface area contributed by atoms with Crippen LogP contribution >= 0.6 is 0 Å². The average molecular weight is 529 g/mol. The first-order chi connectivity index (χ1) is 19.3. The molecule has 0 spiro atoms. The summed E-state index contributed by atoms with van der Waals surface area (Å²) in [6.07, 6.45) is 0. The van der Waals surface area contributed by atoms with Crippen molar-refractivity contribution in [3.8, 4) is 0 Å². The van der Waals surface area contributed by atoms with E-state index in [1.807, 2.05) is 24.3 Å². The largest absolute Gasteiger partial charge is 0.478 e. The number of rotatable bonds is 4. The minimum atomic E-state index is -1.16. The lowest BCUT2D eigenvalue weighted by atomic mass is 9.55. The molecule has 4 aliphatic rings. The van der Waals surface area contributed by atoms with Crippen LogP contribution in [0.25, 0.3) is 0 Å². The van der Waals surface area contributed by atoms with Crippen LogP contribution in [-0.4, -0.2) is 28.8 Å². The number of carboxylic acids is 1. The molecule has 0 aromatic heterocycles. The van der Waals surface area contributed by atoms with Crippen LogP contribution in [0.4, 0.5) is 11.4 Å². The lowest BCUT2D eigenvalue weighted by Crippen LogP contribution is -2.41. The molecular formula is C33H24N2O5. The minimum absolute atomic E-state index is 0.0290. The Kier molecular flexibility index (Phi) is 5.25. The Bertz CT molecular complexity index is 1660. The molecule has 3 amide bonds. The zero-order chi connectivity index (χ0) is 27.7. The highest BCUT2D eigenvalue weighted by molar-refractivity contribution is 6.24. The number of carbonyl (C=O) groups excluding carboxylic acids is 3. The maximum Gasteiger partial charge on any atom is 0.337 e. The molecular weight excluding hydrogens is 504 g/mol. The van der Waals surface area contributed by atoms with Gasteiger partial charge in [0, 0.05) is 17.4 Å². The van der Waals surface area contributed by atoms with Crippen LogP contribution in [0.15, 0.2) is 91.0 Å². The van der Waals surface area contributed by atoms with Crippen LogP contribution in [-0.2, 0) is 9.59 Å². The van der Waals surface area contributed by atoms with Crippen LogP contribution in [0, 0.1) is 18.8 Å². The second kappa shape index (κ2) is 8.74. The van der Waals surface area contributed by atoms with E-state index in [9.17, 15) is 24.3 Å². The molecule has 40 heavy (non-hydrogen) atoms. The second-order valence-corrected chi connectivity index (χ2v) is 10.6. The normalized spacial score (nSPS) is 22.0. The number of nitrogens with one attached hydrogen (secondary N) is 1. The monoisotopic (exact) mass is 528 g/mol. The SMILES string of the molecule is Cc1ccc(C(=O)O)c(NC(=O)c2cccc(N3C(=O)[C@@H]4C5c6ccccc6C(c6ccccc65)[C@H]4C3=O)c2)c1. The van der Waals surface area contributed by atoms with Crippen molar-refractivity contribution in [3.63, 3.8) is 0 Å². The van der Waals surface area contributed by atoms with Crippen LogP contribution in [0.1, 0.15) is 60.4 Å². The van der Waals surface area contributed by atoms with Crippen molar-refractivity contribution in [2.24, 2.45) is 11.8 Å². The summed E-state index contributed by atoms with van der Waals surface area (Å²) in [4.78, 5) is 54.2. The fourth-order valence-electron chi connectivity index (χ4n) is 6.86. The number of nitrogens with zero attached hydrogens (tertiary/aromatic N) is 1. The van der Waals surface area contributed by atoms with Gasteiger partial charge in [0.05, 0.1) is 28.8 Å². The maximum absolute atomic E-state index is 14.0. The zero-order valence-corrected chi connectivity index (χ0v) is 21.5. The molecule has 4 aromatic carbocycles. The van der Waals surface area contributed by atoms with Gasteiger partial charge in [0.2, 0.25) is 11.8 Å². The van der Waals surface area contributed by atoms with E-state index in [1.54, 1.807) is 37.3 Å². The standard InChI is InChI=1S/C33H24N2O5/c1-17-13-14-24(33(39)40)25(15-17)34-30(36)18-7-6-8-19(16-18)35-31(37)28-26-20-9-2-3-10-21(20)27(29(28)32(35)38)23-12-5-4-11-22(23)26/h2-16,26-29H,1H3,(H,34,36)(H,39,40)/t26?,27?,28-,29-/m1/s1. The predicted octanol–water partition coefficient (Wildman–Crippen LogP) is 5.34. The number of aryl methyl sites for hydroxylation is 1. The summed E-state index contributed by atoms with van der Waals surface area (Å²) in [5.74, 6) is -3.70. The van der Waals surface area contributed by atoms with Gasteiger partial charge >= 0.3 is 5.97 Å². The molecule has 2 bridgehead atoms. The topological polar surface area (TPSA) is 104 Å². The number of anilines is 2. The highest BCUT2D eigenvalue weighted by atomic mass is 16.4. The first kappa shape index (κ1) is 24.0. The lowest BCUT2D eigenvalue weighted by Gasteiger charge is -2.45. The van der Waals surface area contributed by atoms with Gasteiger partial charge in [-0.1, -0.05) is 60.7 Å². The van der Waals surface area contributed by atoms with Crippen LogP contribution < -0.4 is 10.2 Å². The van der Waals surface area contributed by atoms with E-state index in [1.165, 1.54) is 17.0 Å². The number of carboxylic acid groups (broad SMARTS) is 1. The highest BCUT2D eigenvalue weighted by Gasteiger charge is 2.61. The van der Waals surface area contributed by atoms with Crippen molar-refractivity contribution < 1.29 is 24.3 Å². The van der Waals surface area contributed by atoms with Gasteiger partial charge in [0.1, 0.15) is 0 Å². The summed E-state index contributed by atoms with van der Waals surface area (Å²) < 4.78 is 0. The van der Waals surface area contributed by atoms with Gasteiger partial charge in [0.15, 0.2) is 0 Å². The van der Waals surface area contributed by atoms with Crippen molar-refractivity contribution >= 4 is 35.1 Å². The molecule has 4 aromatic rings. The van der Waals surface area contributed by atoms with Gasteiger partial charge < -0.3 is 10.4 Å². The van der Waals surface area contributed by atoms with Crippen molar-refractivity contribution in [3.05, 3.63) is 130 Å². The molecule has 0 radical (unpaired) electrons. The average Bonchev–Trinajstić information content (AvgIpc) is 3.23. The van der Waals surface area contributed by atoms with Crippen LogP contribution in [0.2, 0.25) is 0 Å². The van der Waals surface area contributed by atoms with E-state index < -0.39 is 23.7 Å². The number of imide groups is 1. The Morgan fingerprint density at radius 3 is 1.80 bits per heavy atom.